The summed E-state index contributed by atoms with van der Waals surface area (Å²) < 4.78 is 2.22. The van der Waals surface area contributed by atoms with Crippen molar-refractivity contribution in [2.45, 2.75) is 45.0 Å². The van der Waals surface area contributed by atoms with E-state index < -0.39 is 8.07 Å². The zero-order chi connectivity index (χ0) is 27.6. The molecule has 1 amide bonds. The van der Waals surface area contributed by atoms with Gasteiger partial charge < -0.3 is 5.32 Å². The SMILES string of the molecule is CNC(=O)c1ccc(-c2ccc3ncc(C)c(C(CCC(=O)C=C(C)C)C4=CP(C)N(C)C4Cl)c3c2)cc1. The van der Waals surface area contributed by atoms with Gasteiger partial charge in [0, 0.05) is 36.5 Å². The number of carbonyl (C=O) groups is 2. The molecule has 2 heterocycles. The number of likely N-dealkylation sites (N-methyl/N-ethyl adjacent to an activating group) is 1. The summed E-state index contributed by atoms with van der Waals surface area (Å²) in [7, 11) is 3.22. The maximum absolute atomic E-state index is 12.7. The van der Waals surface area contributed by atoms with E-state index in [0.29, 0.717) is 18.4 Å². The van der Waals surface area contributed by atoms with Crippen molar-refractivity contribution >= 4 is 42.3 Å². The van der Waals surface area contributed by atoms with E-state index in [1.54, 1.807) is 13.1 Å². The number of amides is 1. The van der Waals surface area contributed by atoms with Crippen LogP contribution < -0.4 is 5.32 Å². The molecule has 3 atom stereocenters. The second kappa shape index (κ2) is 11.9. The Bertz CT molecular complexity index is 1430. The lowest BCUT2D eigenvalue weighted by molar-refractivity contribution is -0.114. The fourth-order valence-electron chi connectivity index (χ4n) is 5.07. The normalized spacial score (nSPS) is 18.2. The predicted octanol–water partition coefficient (Wildman–Crippen LogP) is 7.39. The first-order valence-corrected chi connectivity index (χ1v) is 15.1. The number of fused-ring (bicyclic) bond motifs is 1. The smallest absolute Gasteiger partial charge is 0.251 e. The Labute approximate surface area is 231 Å². The molecule has 3 unspecified atom stereocenters. The molecule has 7 heteroatoms. The van der Waals surface area contributed by atoms with Crippen LogP contribution in [0, 0.1) is 6.92 Å². The molecular formula is C31H35ClN3O2P. The molecule has 4 rings (SSSR count). The Hall–Kier alpha value is -2.85. The number of aromatic nitrogens is 1. The van der Waals surface area contributed by atoms with E-state index in [4.69, 9.17) is 16.6 Å². The van der Waals surface area contributed by atoms with Gasteiger partial charge in [-0.05, 0) is 113 Å². The van der Waals surface area contributed by atoms with Gasteiger partial charge in [-0.25, -0.2) is 0 Å². The average Bonchev–Trinajstić information content (AvgIpc) is 3.15. The molecule has 0 aliphatic carbocycles. The summed E-state index contributed by atoms with van der Waals surface area (Å²) in [6.45, 7) is 8.20. The van der Waals surface area contributed by atoms with Crippen molar-refractivity contribution in [3.63, 3.8) is 0 Å². The average molecular weight is 548 g/mol. The van der Waals surface area contributed by atoms with Gasteiger partial charge in [-0.15, -0.1) is 11.6 Å². The third-order valence-electron chi connectivity index (χ3n) is 7.13. The molecule has 1 N–H and O–H groups in total. The van der Waals surface area contributed by atoms with Gasteiger partial charge in [0.05, 0.1) is 5.52 Å². The van der Waals surface area contributed by atoms with Gasteiger partial charge in [0.1, 0.15) is 5.50 Å². The lowest BCUT2D eigenvalue weighted by Gasteiger charge is -2.27. The first-order valence-electron chi connectivity index (χ1n) is 12.8. The number of benzene rings is 2. The highest BCUT2D eigenvalue weighted by atomic mass is 35.5. The molecule has 198 valence electrons. The van der Waals surface area contributed by atoms with Crippen molar-refractivity contribution in [2.75, 3.05) is 20.8 Å². The zero-order valence-electron chi connectivity index (χ0n) is 22.9. The lowest BCUT2D eigenvalue weighted by Crippen LogP contribution is -2.22. The van der Waals surface area contributed by atoms with Crippen LogP contribution in [0.3, 0.4) is 0 Å². The van der Waals surface area contributed by atoms with E-state index in [9.17, 15) is 9.59 Å². The number of rotatable bonds is 8. The third kappa shape index (κ3) is 5.91. The number of halogens is 1. The molecule has 2 aromatic carbocycles. The molecule has 3 aromatic rings. The third-order valence-corrected chi connectivity index (χ3v) is 9.71. The van der Waals surface area contributed by atoms with Crippen LogP contribution in [0.15, 0.2) is 71.7 Å². The van der Waals surface area contributed by atoms with Crippen molar-refractivity contribution in [1.82, 2.24) is 15.0 Å². The minimum absolute atomic E-state index is 0.00158. The number of hydrogen-bond donors (Lipinski definition) is 1. The molecule has 1 aliphatic rings. The lowest BCUT2D eigenvalue weighted by atomic mass is 9.82. The summed E-state index contributed by atoms with van der Waals surface area (Å²) in [5.41, 5.74) is 7.84. The van der Waals surface area contributed by atoms with E-state index in [2.05, 4.69) is 48.6 Å². The molecule has 5 nitrogen and oxygen atoms in total. The summed E-state index contributed by atoms with van der Waals surface area (Å²) in [4.78, 5) is 29.4. The van der Waals surface area contributed by atoms with Crippen molar-refractivity contribution in [3.05, 3.63) is 88.4 Å². The molecule has 1 aromatic heterocycles. The van der Waals surface area contributed by atoms with E-state index in [1.807, 2.05) is 50.4 Å². The first-order chi connectivity index (χ1) is 18.1. The Balaban J connectivity index is 1.82. The highest BCUT2D eigenvalue weighted by Gasteiger charge is 2.34. The number of alkyl halides is 1. The molecule has 0 saturated heterocycles. The number of allylic oxidation sites excluding steroid dienone is 2. The maximum atomic E-state index is 12.7. The summed E-state index contributed by atoms with van der Waals surface area (Å²) in [6.07, 6.45) is 4.79. The number of hydrogen-bond acceptors (Lipinski definition) is 4. The number of pyridine rings is 1. The Morgan fingerprint density at radius 2 is 1.84 bits per heavy atom. The van der Waals surface area contributed by atoms with Crippen molar-refractivity contribution in [2.24, 2.45) is 0 Å². The molecule has 0 radical (unpaired) electrons. The summed E-state index contributed by atoms with van der Waals surface area (Å²) in [5.74, 6) is 2.35. The number of ketones is 1. The summed E-state index contributed by atoms with van der Waals surface area (Å²) in [5, 5.41) is 3.73. The maximum Gasteiger partial charge on any atom is 0.251 e. The Morgan fingerprint density at radius 1 is 1.16 bits per heavy atom. The summed E-state index contributed by atoms with van der Waals surface area (Å²) in [6, 6.07) is 13.9. The van der Waals surface area contributed by atoms with Gasteiger partial charge in [0.2, 0.25) is 0 Å². The molecular weight excluding hydrogens is 513 g/mol. The van der Waals surface area contributed by atoms with E-state index >= 15 is 0 Å². The predicted molar refractivity (Wildman–Crippen MR) is 160 cm³/mol. The Kier molecular flexibility index (Phi) is 8.82. The second-order valence-corrected chi connectivity index (χ2v) is 12.6. The van der Waals surface area contributed by atoms with Crippen LogP contribution in [0.25, 0.3) is 22.0 Å². The molecule has 0 bridgehead atoms. The second-order valence-electron chi connectivity index (χ2n) is 10.1. The van der Waals surface area contributed by atoms with Gasteiger partial charge in [-0.1, -0.05) is 23.8 Å². The van der Waals surface area contributed by atoms with Crippen LogP contribution in [-0.2, 0) is 4.79 Å². The van der Waals surface area contributed by atoms with Crippen LogP contribution in [0.2, 0.25) is 0 Å². The van der Waals surface area contributed by atoms with Crippen LogP contribution in [0.4, 0.5) is 0 Å². The topological polar surface area (TPSA) is 62.3 Å². The Morgan fingerprint density at radius 3 is 2.45 bits per heavy atom. The zero-order valence-corrected chi connectivity index (χ0v) is 24.5. The van der Waals surface area contributed by atoms with Crippen LogP contribution in [-0.4, -0.2) is 47.6 Å². The molecule has 0 fully saturated rings. The largest absolute Gasteiger partial charge is 0.355 e. The van der Waals surface area contributed by atoms with Crippen molar-refractivity contribution in [1.29, 1.82) is 0 Å². The fourth-order valence-corrected chi connectivity index (χ4v) is 7.18. The fraction of sp³-hybridized carbons (Fsp3) is 0.323. The first kappa shape index (κ1) is 28.2. The van der Waals surface area contributed by atoms with Crippen LogP contribution in [0.5, 0.6) is 0 Å². The van der Waals surface area contributed by atoms with Crippen molar-refractivity contribution < 1.29 is 9.59 Å². The van der Waals surface area contributed by atoms with Gasteiger partial charge in [-0.3, -0.25) is 19.2 Å². The van der Waals surface area contributed by atoms with Gasteiger partial charge in [-0.2, -0.15) is 0 Å². The van der Waals surface area contributed by atoms with Gasteiger partial charge in [0.25, 0.3) is 5.91 Å². The number of carbonyl (C=O) groups excluding carboxylic acids is 2. The minimum Gasteiger partial charge on any atom is -0.355 e. The molecule has 0 saturated carbocycles. The van der Waals surface area contributed by atoms with Crippen LogP contribution >= 0.6 is 19.7 Å². The minimum atomic E-state index is -0.479. The summed E-state index contributed by atoms with van der Waals surface area (Å²) >= 11 is 6.98. The highest BCUT2D eigenvalue weighted by Crippen LogP contribution is 2.53. The standard InChI is InChI=1S/C31H35ClN3O2P/c1-19(2)15-24(36)12-13-25(27-18-38(6)35(5)30(27)32)29-20(3)17-34-28-14-11-23(16-26(28)29)21-7-9-22(10-8-21)31(37)33-4/h7-11,14-18,25,30H,12-13H2,1-6H3,(H,33,37). The number of nitrogens with zero attached hydrogens (tertiary/aromatic N) is 2. The molecule has 1 aliphatic heterocycles. The van der Waals surface area contributed by atoms with E-state index in [-0.39, 0.29) is 23.1 Å². The van der Waals surface area contributed by atoms with Crippen molar-refractivity contribution in [3.8, 4) is 11.1 Å². The number of nitrogens with one attached hydrogen (secondary N) is 1. The van der Waals surface area contributed by atoms with E-state index in [0.717, 1.165) is 33.2 Å². The quantitative estimate of drug-likeness (QED) is 0.138. The molecule has 0 spiro atoms. The van der Waals surface area contributed by atoms with Gasteiger partial charge >= 0.3 is 0 Å². The van der Waals surface area contributed by atoms with Crippen LogP contribution in [0.1, 0.15) is 54.1 Å². The molecule has 38 heavy (non-hydrogen) atoms. The number of aryl methyl sites for hydroxylation is 1. The monoisotopic (exact) mass is 547 g/mol. The highest BCUT2D eigenvalue weighted by molar-refractivity contribution is 7.58. The van der Waals surface area contributed by atoms with Gasteiger partial charge in [0.15, 0.2) is 5.78 Å². The van der Waals surface area contributed by atoms with E-state index in [1.165, 1.54) is 11.1 Å².